The summed E-state index contributed by atoms with van der Waals surface area (Å²) in [5.41, 5.74) is 1.92. The van der Waals surface area contributed by atoms with Crippen LogP contribution in [0.1, 0.15) is 20.3 Å². The minimum atomic E-state index is -0.277. The smallest absolute Gasteiger partial charge is 0.331 e. The number of carbonyl (C=O) groups excluding carboxylic acids is 1. The van der Waals surface area contributed by atoms with Gasteiger partial charge in [-0.05, 0) is 25.8 Å². The molecule has 2 aliphatic rings. The second kappa shape index (κ2) is 5.02. The van der Waals surface area contributed by atoms with E-state index in [-0.39, 0.29) is 24.7 Å². The highest BCUT2D eigenvalue weighted by molar-refractivity contribution is 5.82. The molecule has 0 bridgehead atoms. The van der Waals surface area contributed by atoms with Crippen LogP contribution in [0.4, 0.5) is 0 Å². The van der Waals surface area contributed by atoms with Gasteiger partial charge in [0.1, 0.15) is 6.10 Å². The second-order valence-electron chi connectivity index (χ2n) is 4.86. The van der Waals surface area contributed by atoms with Crippen LogP contribution in [-0.4, -0.2) is 47.8 Å². The molecule has 0 amide bonds. The lowest BCUT2D eigenvalue weighted by Gasteiger charge is -2.22. The van der Waals surface area contributed by atoms with Crippen LogP contribution in [0.5, 0.6) is 0 Å². The van der Waals surface area contributed by atoms with Gasteiger partial charge in [-0.3, -0.25) is 4.90 Å². The summed E-state index contributed by atoms with van der Waals surface area (Å²) >= 11 is 0. The molecule has 2 atom stereocenters. The number of allylic oxidation sites excluding steroid dienone is 1. The van der Waals surface area contributed by atoms with Crippen molar-refractivity contribution in [1.82, 2.24) is 4.90 Å². The van der Waals surface area contributed by atoms with Crippen LogP contribution in [0.15, 0.2) is 23.3 Å². The molecule has 1 N–H and O–H groups in total. The third-order valence-corrected chi connectivity index (χ3v) is 3.27. The van der Waals surface area contributed by atoms with Gasteiger partial charge in [-0.2, -0.15) is 0 Å². The van der Waals surface area contributed by atoms with E-state index in [0.29, 0.717) is 0 Å². The number of hydrogen-bond acceptors (Lipinski definition) is 4. The molecular weight excluding hydrogens is 218 g/mol. The standard InChI is InChI=1S/C13H19NO3/c1-9(2)7-12(16)17-11-4-6-14-5-3-10(8-15)13(11)14/h3,7,11,13,15H,4-6,8H2,1-2H3. The molecule has 2 heterocycles. The maximum Gasteiger partial charge on any atom is 0.331 e. The van der Waals surface area contributed by atoms with Crippen molar-refractivity contribution in [2.45, 2.75) is 32.4 Å². The Morgan fingerprint density at radius 1 is 1.65 bits per heavy atom. The Kier molecular flexibility index (Phi) is 3.64. The largest absolute Gasteiger partial charge is 0.457 e. The van der Waals surface area contributed by atoms with E-state index in [1.807, 2.05) is 19.9 Å². The molecule has 0 spiro atoms. The molecule has 1 fully saturated rings. The van der Waals surface area contributed by atoms with Gasteiger partial charge in [0.2, 0.25) is 0 Å². The molecule has 0 aromatic carbocycles. The second-order valence-corrected chi connectivity index (χ2v) is 4.86. The predicted octanol–water partition coefficient (Wildman–Crippen LogP) is 0.871. The Hall–Kier alpha value is -1.13. The summed E-state index contributed by atoms with van der Waals surface area (Å²) in [7, 11) is 0. The molecule has 2 aliphatic heterocycles. The van der Waals surface area contributed by atoms with Crippen molar-refractivity contribution in [3.8, 4) is 0 Å². The molecule has 0 aromatic heterocycles. The van der Waals surface area contributed by atoms with Crippen LogP contribution >= 0.6 is 0 Å². The van der Waals surface area contributed by atoms with Crippen molar-refractivity contribution in [2.24, 2.45) is 0 Å². The molecule has 4 heteroatoms. The summed E-state index contributed by atoms with van der Waals surface area (Å²) in [5, 5.41) is 9.26. The highest BCUT2D eigenvalue weighted by atomic mass is 16.5. The molecule has 2 rings (SSSR count). The van der Waals surface area contributed by atoms with Crippen molar-refractivity contribution in [1.29, 1.82) is 0 Å². The third kappa shape index (κ3) is 2.58. The van der Waals surface area contributed by atoms with Crippen LogP contribution in [0.3, 0.4) is 0 Å². The van der Waals surface area contributed by atoms with Crippen molar-refractivity contribution in [3.63, 3.8) is 0 Å². The van der Waals surface area contributed by atoms with Gasteiger partial charge in [0, 0.05) is 19.2 Å². The first kappa shape index (κ1) is 12.3. The minimum absolute atomic E-state index is 0.0534. The van der Waals surface area contributed by atoms with Gasteiger partial charge in [0.15, 0.2) is 0 Å². The molecule has 0 aromatic rings. The summed E-state index contributed by atoms with van der Waals surface area (Å²) in [4.78, 5) is 13.8. The monoisotopic (exact) mass is 237 g/mol. The number of aliphatic hydroxyl groups excluding tert-OH is 1. The first-order chi connectivity index (χ1) is 8.11. The predicted molar refractivity (Wildman–Crippen MR) is 64.5 cm³/mol. The van der Waals surface area contributed by atoms with E-state index in [1.54, 1.807) is 0 Å². The van der Waals surface area contributed by atoms with Gasteiger partial charge in [0.05, 0.1) is 12.6 Å². The molecule has 0 aliphatic carbocycles. The Balaban J connectivity index is 2.01. The minimum Gasteiger partial charge on any atom is -0.457 e. The zero-order valence-electron chi connectivity index (χ0n) is 10.3. The number of nitrogens with zero attached hydrogens (tertiary/aromatic N) is 1. The molecule has 4 nitrogen and oxygen atoms in total. The molecule has 17 heavy (non-hydrogen) atoms. The van der Waals surface area contributed by atoms with Crippen LogP contribution in [-0.2, 0) is 9.53 Å². The zero-order valence-corrected chi connectivity index (χ0v) is 10.3. The Morgan fingerprint density at radius 2 is 2.41 bits per heavy atom. The summed E-state index contributed by atoms with van der Waals surface area (Å²) < 4.78 is 5.46. The van der Waals surface area contributed by atoms with E-state index in [1.165, 1.54) is 6.08 Å². The summed E-state index contributed by atoms with van der Waals surface area (Å²) in [6.07, 6.45) is 4.29. The Bertz CT molecular complexity index is 369. The van der Waals surface area contributed by atoms with E-state index in [4.69, 9.17) is 4.74 Å². The van der Waals surface area contributed by atoms with Crippen LogP contribution < -0.4 is 0 Å². The SMILES string of the molecule is CC(C)=CC(=O)OC1CCN2CC=C(CO)C12. The lowest BCUT2D eigenvalue weighted by molar-refractivity contribution is -0.143. The van der Waals surface area contributed by atoms with Gasteiger partial charge in [-0.25, -0.2) is 4.79 Å². The normalized spacial score (nSPS) is 27.6. The highest BCUT2D eigenvalue weighted by Crippen LogP contribution is 2.30. The van der Waals surface area contributed by atoms with Gasteiger partial charge >= 0.3 is 5.97 Å². The fraction of sp³-hybridized carbons (Fsp3) is 0.615. The number of rotatable bonds is 3. The third-order valence-electron chi connectivity index (χ3n) is 3.27. The van der Waals surface area contributed by atoms with Crippen LogP contribution in [0, 0.1) is 0 Å². The van der Waals surface area contributed by atoms with Crippen molar-refractivity contribution in [3.05, 3.63) is 23.3 Å². The number of carbonyl (C=O) groups is 1. The molecule has 1 saturated heterocycles. The molecule has 0 radical (unpaired) electrons. The van der Waals surface area contributed by atoms with Gasteiger partial charge < -0.3 is 9.84 Å². The van der Waals surface area contributed by atoms with Gasteiger partial charge in [-0.1, -0.05) is 11.6 Å². The maximum atomic E-state index is 11.6. The van der Waals surface area contributed by atoms with E-state index in [2.05, 4.69) is 4.90 Å². The average Bonchev–Trinajstić information content (AvgIpc) is 2.79. The Morgan fingerprint density at radius 3 is 3.06 bits per heavy atom. The first-order valence-corrected chi connectivity index (χ1v) is 6.01. The molecule has 94 valence electrons. The number of ether oxygens (including phenoxy) is 1. The lowest BCUT2D eigenvalue weighted by atomic mass is 10.1. The summed E-state index contributed by atoms with van der Waals surface area (Å²) in [6.45, 7) is 5.58. The number of esters is 1. The highest BCUT2D eigenvalue weighted by Gasteiger charge is 2.40. The fourth-order valence-corrected chi connectivity index (χ4v) is 2.56. The summed E-state index contributed by atoms with van der Waals surface area (Å²) in [6, 6.07) is 0.0921. The average molecular weight is 237 g/mol. The number of hydrogen-bond donors (Lipinski definition) is 1. The quantitative estimate of drug-likeness (QED) is 0.449. The maximum absolute atomic E-state index is 11.6. The molecule has 0 saturated carbocycles. The van der Waals surface area contributed by atoms with Crippen LogP contribution in [0.2, 0.25) is 0 Å². The first-order valence-electron chi connectivity index (χ1n) is 6.01. The van der Waals surface area contributed by atoms with Crippen molar-refractivity contribution in [2.75, 3.05) is 19.7 Å². The molecular formula is C13H19NO3. The van der Waals surface area contributed by atoms with E-state index in [0.717, 1.165) is 30.7 Å². The molecule has 2 unspecified atom stereocenters. The van der Waals surface area contributed by atoms with E-state index in [9.17, 15) is 9.90 Å². The van der Waals surface area contributed by atoms with Crippen molar-refractivity contribution < 1.29 is 14.6 Å². The van der Waals surface area contributed by atoms with E-state index >= 15 is 0 Å². The lowest BCUT2D eigenvalue weighted by Crippen LogP contribution is -2.35. The van der Waals surface area contributed by atoms with E-state index < -0.39 is 0 Å². The topological polar surface area (TPSA) is 49.8 Å². The van der Waals surface area contributed by atoms with Gasteiger partial charge in [0.25, 0.3) is 0 Å². The van der Waals surface area contributed by atoms with Crippen LogP contribution in [0.25, 0.3) is 0 Å². The zero-order chi connectivity index (χ0) is 12.4. The summed E-state index contributed by atoms with van der Waals surface area (Å²) in [5.74, 6) is -0.277. The van der Waals surface area contributed by atoms with Gasteiger partial charge in [-0.15, -0.1) is 0 Å². The number of aliphatic hydroxyl groups is 1. The Labute approximate surface area is 102 Å². The fourth-order valence-electron chi connectivity index (χ4n) is 2.56. The number of fused-ring (bicyclic) bond motifs is 1. The van der Waals surface area contributed by atoms with Crippen molar-refractivity contribution >= 4 is 5.97 Å².